The highest BCUT2D eigenvalue weighted by molar-refractivity contribution is 5.59. The molecule has 3 aliphatic carbocycles. The van der Waals surface area contributed by atoms with Crippen LogP contribution < -0.4 is 0 Å². The van der Waals surface area contributed by atoms with Crippen molar-refractivity contribution in [1.29, 1.82) is 0 Å². The largest absolute Gasteiger partial charge is 0.103 e. The second-order valence-corrected chi connectivity index (χ2v) is 7.68. The van der Waals surface area contributed by atoms with Gasteiger partial charge in [-0.25, -0.2) is 0 Å². The van der Waals surface area contributed by atoms with Crippen molar-refractivity contribution in [3.63, 3.8) is 0 Å². The summed E-state index contributed by atoms with van der Waals surface area (Å²) in [5.41, 5.74) is 0.838. The van der Waals surface area contributed by atoms with Gasteiger partial charge in [0.1, 0.15) is 0 Å². The monoisotopic (exact) mass is 254 g/mol. The Morgan fingerprint density at radius 2 is 1.68 bits per heavy atom. The molecule has 0 aromatic carbocycles. The molecule has 0 aliphatic heterocycles. The molecule has 0 saturated heterocycles. The summed E-state index contributed by atoms with van der Waals surface area (Å²) in [6.07, 6.45) is 7.74. The van der Waals surface area contributed by atoms with Crippen molar-refractivity contribution in [1.82, 2.24) is 0 Å². The van der Waals surface area contributed by atoms with Crippen LogP contribution in [0.2, 0.25) is 0 Å². The molecule has 3 fully saturated rings. The van der Waals surface area contributed by atoms with Crippen LogP contribution in [0.3, 0.4) is 0 Å². The molecular formula is C19H26. The van der Waals surface area contributed by atoms with Gasteiger partial charge in [-0.3, -0.25) is 0 Å². The second kappa shape index (κ2) is 4.06. The van der Waals surface area contributed by atoms with Crippen LogP contribution in [-0.2, 0) is 0 Å². The quantitative estimate of drug-likeness (QED) is 0.497. The van der Waals surface area contributed by atoms with E-state index in [2.05, 4.69) is 51.4 Å². The van der Waals surface area contributed by atoms with Gasteiger partial charge in [-0.1, -0.05) is 37.5 Å². The van der Waals surface area contributed by atoms with Gasteiger partial charge in [0, 0.05) is 11.8 Å². The molecule has 3 aliphatic rings. The zero-order chi connectivity index (χ0) is 13.7. The van der Waals surface area contributed by atoms with Crippen molar-refractivity contribution in [2.24, 2.45) is 28.1 Å². The van der Waals surface area contributed by atoms with Gasteiger partial charge >= 0.3 is 0 Å². The van der Waals surface area contributed by atoms with E-state index in [-0.39, 0.29) is 5.41 Å². The minimum absolute atomic E-state index is 0.135. The van der Waals surface area contributed by atoms with Crippen LogP contribution in [0.25, 0.3) is 0 Å². The maximum atomic E-state index is 3.68. The molecule has 3 rings (SSSR count). The second-order valence-electron chi connectivity index (χ2n) is 7.68. The lowest BCUT2D eigenvalue weighted by Crippen LogP contribution is -2.18. The van der Waals surface area contributed by atoms with E-state index < -0.39 is 0 Å². The van der Waals surface area contributed by atoms with Crippen LogP contribution in [0.4, 0.5) is 0 Å². The SMILES string of the molecule is CCCCC#CC12C3CCCC1C32C#CC(C)(C)C. The maximum Gasteiger partial charge on any atom is 0.0573 e. The Morgan fingerprint density at radius 3 is 2.26 bits per heavy atom. The minimum atomic E-state index is 0.135. The van der Waals surface area contributed by atoms with Gasteiger partial charge in [0.05, 0.1) is 10.8 Å². The zero-order valence-corrected chi connectivity index (χ0v) is 12.9. The number of hydrogen-bond donors (Lipinski definition) is 0. The van der Waals surface area contributed by atoms with Crippen molar-refractivity contribution in [2.45, 2.75) is 66.2 Å². The Balaban J connectivity index is 1.77. The molecule has 0 amide bonds. The Hall–Kier alpha value is -0.880. The fourth-order valence-corrected chi connectivity index (χ4v) is 4.35. The fraction of sp³-hybridized carbons (Fsp3) is 0.789. The highest BCUT2D eigenvalue weighted by Gasteiger charge is 2.97. The molecule has 0 heteroatoms. The molecule has 0 N–H and O–H groups in total. The van der Waals surface area contributed by atoms with Gasteiger partial charge in [-0.15, -0.1) is 5.92 Å². The zero-order valence-electron chi connectivity index (χ0n) is 12.9. The van der Waals surface area contributed by atoms with Crippen LogP contribution in [0, 0.1) is 51.8 Å². The van der Waals surface area contributed by atoms with E-state index in [1.807, 2.05) is 0 Å². The topological polar surface area (TPSA) is 0 Å². The van der Waals surface area contributed by atoms with Gasteiger partial charge in [-0.2, -0.15) is 0 Å². The normalized spacial score (nSPS) is 41.3. The van der Waals surface area contributed by atoms with Crippen LogP contribution in [0.5, 0.6) is 0 Å². The molecule has 0 bridgehead atoms. The van der Waals surface area contributed by atoms with Crippen molar-refractivity contribution >= 4 is 0 Å². The van der Waals surface area contributed by atoms with Gasteiger partial charge in [0.2, 0.25) is 0 Å². The Bertz CT molecular complexity index is 482. The summed E-state index contributed by atoms with van der Waals surface area (Å²) in [6, 6.07) is 0. The molecule has 0 aromatic heterocycles. The lowest BCUT2D eigenvalue weighted by Gasteiger charge is -2.24. The molecule has 102 valence electrons. The first kappa shape index (κ1) is 13.1. The Kier molecular flexibility index (Phi) is 2.80. The van der Waals surface area contributed by atoms with E-state index in [4.69, 9.17) is 0 Å². The van der Waals surface area contributed by atoms with E-state index in [9.17, 15) is 0 Å². The molecule has 0 heterocycles. The molecule has 19 heavy (non-hydrogen) atoms. The fourth-order valence-electron chi connectivity index (χ4n) is 4.35. The highest BCUT2D eigenvalue weighted by Crippen LogP contribution is 2.97. The predicted octanol–water partition coefficient (Wildman–Crippen LogP) is 4.65. The van der Waals surface area contributed by atoms with Crippen LogP contribution in [0.15, 0.2) is 0 Å². The summed E-state index contributed by atoms with van der Waals surface area (Å²) in [5, 5.41) is 0. The average molecular weight is 254 g/mol. The number of unbranched alkanes of at least 4 members (excludes halogenated alkanes) is 2. The third kappa shape index (κ3) is 1.69. The summed E-state index contributed by atoms with van der Waals surface area (Å²) in [6.45, 7) is 8.88. The van der Waals surface area contributed by atoms with Crippen molar-refractivity contribution in [3.05, 3.63) is 0 Å². The van der Waals surface area contributed by atoms with Gasteiger partial charge in [-0.05, 0) is 51.9 Å². The lowest BCUT2D eigenvalue weighted by molar-refractivity contribution is 0.282. The maximum absolute atomic E-state index is 3.68. The summed E-state index contributed by atoms with van der Waals surface area (Å²) < 4.78 is 0. The molecule has 0 aromatic rings. The van der Waals surface area contributed by atoms with E-state index in [1.54, 1.807) is 0 Å². The molecule has 2 unspecified atom stereocenters. The number of fused-ring (bicyclic) bond motifs is 2. The van der Waals surface area contributed by atoms with E-state index in [0.717, 1.165) is 18.3 Å². The van der Waals surface area contributed by atoms with E-state index in [0.29, 0.717) is 10.8 Å². The highest BCUT2D eigenvalue weighted by atomic mass is 15.0. The predicted molar refractivity (Wildman–Crippen MR) is 80.2 cm³/mol. The Morgan fingerprint density at radius 1 is 1.05 bits per heavy atom. The standard InChI is InChI=1S/C19H26/c1-5-6-7-8-12-18-15-10-9-11-16(18)19(15,18)14-13-17(2,3)4/h15-16H,5-7,9-11H2,1-4H3. The molecular weight excluding hydrogens is 228 g/mol. The first-order chi connectivity index (χ1) is 8.99. The number of rotatable bonds is 2. The van der Waals surface area contributed by atoms with Gasteiger partial charge < -0.3 is 0 Å². The van der Waals surface area contributed by atoms with Gasteiger partial charge in [0.15, 0.2) is 0 Å². The van der Waals surface area contributed by atoms with Crippen molar-refractivity contribution in [3.8, 4) is 23.7 Å². The Labute approximate surface area is 118 Å². The average Bonchev–Trinajstić information content (AvgIpc) is 3.18. The molecule has 0 radical (unpaired) electrons. The summed E-state index contributed by atoms with van der Waals surface area (Å²) in [5.74, 6) is 16.0. The van der Waals surface area contributed by atoms with Crippen molar-refractivity contribution < 1.29 is 0 Å². The van der Waals surface area contributed by atoms with Crippen LogP contribution >= 0.6 is 0 Å². The summed E-state index contributed by atoms with van der Waals surface area (Å²) in [7, 11) is 0. The van der Waals surface area contributed by atoms with E-state index in [1.165, 1.54) is 32.1 Å². The molecule has 3 saturated carbocycles. The summed E-state index contributed by atoms with van der Waals surface area (Å²) in [4.78, 5) is 0. The smallest absolute Gasteiger partial charge is 0.0573 e. The van der Waals surface area contributed by atoms with Gasteiger partial charge in [0.25, 0.3) is 0 Å². The minimum Gasteiger partial charge on any atom is -0.103 e. The van der Waals surface area contributed by atoms with Crippen molar-refractivity contribution in [2.75, 3.05) is 0 Å². The van der Waals surface area contributed by atoms with E-state index >= 15 is 0 Å². The third-order valence-corrected chi connectivity index (χ3v) is 5.30. The first-order valence-electron chi connectivity index (χ1n) is 8.03. The summed E-state index contributed by atoms with van der Waals surface area (Å²) >= 11 is 0. The van der Waals surface area contributed by atoms with Crippen LogP contribution in [0.1, 0.15) is 66.2 Å². The molecule has 0 nitrogen and oxygen atoms in total. The number of hydrogen-bond acceptors (Lipinski definition) is 0. The third-order valence-electron chi connectivity index (χ3n) is 5.30. The lowest BCUT2D eigenvalue weighted by atomic mass is 9.79. The molecule has 2 atom stereocenters. The molecule has 0 spiro atoms. The van der Waals surface area contributed by atoms with Crippen LogP contribution in [-0.4, -0.2) is 0 Å². The first-order valence-corrected chi connectivity index (χ1v) is 8.03.